The molecule has 0 bridgehead atoms. The van der Waals surface area contributed by atoms with E-state index in [1.165, 1.54) is 12.1 Å². The van der Waals surface area contributed by atoms with Crippen LogP contribution in [0.3, 0.4) is 0 Å². The molecule has 2 aromatic rings. The standard InChI is InChI=1S/C15H17ClFN3/c1-2-10-9-19-6-5-13(10)15(20-18)8-11-7-12(17)3-4-14(11)16/h3-7,9,15,20H,2,8,18H2,1H3. The first kappa shape index (κ1) is 14.9. The number of benzene rings is 1. The van der Waals surface area contributed by atoms with Gasteiger partial charge in [-0.25, -0.2) is 4.39 Å². The summed E-state index contributed by atoms with van der Waals surface area (Å²) in [4.78, 5) is 4.12. The Hall–Kier alpha value is -1.49. The van der Waals surface area contributed by atoms with Gasteiger partial charge >= 0.3 is 0 Å². The predicted molar refractivity (Wildman–Crippen MR) is 78.8 cm³/mol. The van der Waals surface area contributed by atoms with Crippen molar-refractivity contribution in [2.75, 3.05) is 0 Å². The molecule has 1 atom stereocenters. The highest BCUT2D eigenvalue weighted by Crippen LogP contribution is 2.25. The monoisotopic (exact) mass is 293 g/mol. The van der Waals surface area contributed by atoms with E-state index in [2.05, 4.69) is 17.3 Å². The average molecular weight is 294 g/mol. The fourth-order valence-corrected chi connectivity index (χ4v) is 2.45. The normalized spacial score (nSPS) is 12.4. The Kier molecular flexibility index (Phi) is 5.06. The van der Waals surface area contributed by atoms with Crippen LogP contribution < -0.4 is 11.3 Å². The van der Waals surface area contributed by atoms with Crippen LogP contribution in [0.5, 0.6) is 0 Å². The molecule has 1 aromatic heterocycles. The first-order chi connectivity index (χ1) is 9.65. The van der Waals surface area contributed by atoms with Gasteiger partial charge in [-0.1, -0.05) is 18.5 Å². The van der Waals surface area contributed by atoms with Crippen molar-refractivity contribution in [2.45, 2.75) is 25.8 Å². The van der Waals surface area contributed by atoms with Crippen molar-refractivity contribution >= 4 is 11.6 Å². The quantitative estimate of drug-likeness (QED) is 0.657. The van der Waals surface area contributed by atoms with E-state index in [0.29, 0.717) is 11.4 Å². The molecule has 1 unspecified atom stereocenters. The zero-order chi connectivity index (χ0) is 14.5. The highest BCUT2D eigenvalue weighted by atomic mass is 35.5. The number of aryl methyl sites for hydroxylation is 1. The maximum atomic E-state index is 13.3. The van der Waals surface area contributed by atoms with E-state index in [1.807, 2.05) is 12.3 Å². The minimum absolute atomic E-state index is 0.132. The van der Waals surface area contributed by atoms with Gasteiger partial charge in [0.1, 0.15) is 5.82 Å². The molecule has 20 heavy (non-hydrogen) atoms. The van der Waals surface area contributed by atoms with Gasteiger partial charge in [0.05, 0.1) is 6.04 Å². The molecule has 3 N–H and O–H groups in total. The minimum atomic E-state index is -0.300. The summed E-state index contributed by atoms with van der Waals surface area (Å²) in [6, 6.07) is 6.15. The Morgan fingerprint density at radius 2 is 2.15 bits per heavy atom. The van der Waals surface area contributed by atoms with Crippen LogP contribution in [0.4, 0.5) is 4.39 Å². The second-order valence-electron chi connectivity index (χ2n) is 4.59. The van der Waals surface area contributed by atoms with Gasteiger partial charge in [-0.05, 0) is 53.8 Å². The molecule has 0 spiro atoms. The molecule has 1 aromatic carbocycles. The summed E-state index contributed by atoms with van der Waals surface area (Å²) in [5, 5.41) is 0.541. The van der Waals surface area contributed by atoms with Gasteiger partial charge in [0.2, 0.25) is 0 Å². The maximum Gasteiger partial charge on any atom is 0.123 e. The number of pyridine rings is 1. The highest BCUT2D eigenvalue weighted by molar-refractivity contribution is 6.31. The second-order valence-corrected chi connectivity index (χ2v) is 4.99. The molecule has 0 radical (unpaired) electrons. The number of halogens is 2. The summed E-state index contributed by atoms with van der Waals surface area (Å²) >= 11 is 6.11. The number of nitrogens with zero attached hydrogens (tertiary/aromatic N) is 1. The molecule has 5 heteroatoms. The van der Waals surface area contributed by atoms with Crippen molar-refractivity contribution in [3.63, 3.8) is 0 Å². The molecule has 0 amide bonds. The summed E-state index contributed by atoms with van der Waals surface area (Å²) in [5.74, 6) is 5.36. The number of hydrazine groups is 1. The minimum Gasteiger partial charge on any atom is -0.271 e. The third-order valence-corrected chi connectivity index (χ3v) is 3.70. The Morgan fingerprint density at radius 3 is 2.85 bits per heavy atom. The van der Waals surface area contributed by atoms with E-state index in [0.717, 1.165) is 23.1 Å². The third kappa shape index (κ3) is 3.33. The van der Waals surface area contributed by atoms with Gasteiger partial charge in [-0.3, -0.25) is 16.3 Å². The number of hydrogen-bond acceptors (Lipinski definition) is 3. The molecular formula is C15H17ClFN3. The number of nitrogens with two attached hydrogens (primary N) is 1. The molecule has 0 saturated heterocycles. The summed E-state index contributed by atoms with van der Waals surface area (Å²) in [6.07, 6.45) is 4.93. The maximum absolute atomic E-state index is 13.3. The van der Waals surface area contributed by atoms with E-state index in [9.17, 15) is 4.39 Å². The Morgan fingerprint density at radius 1 is 1.35 bits per heavy atom. The molecule has 0 aliphatic rings. The van der Waals surface area contributed by atoms with Crippen LogP contribution in [0, 0.1) is 5.82 Å². The molecule has 3 nitrogen and oxygen atoms in total. The summed E-state index contributed by atoms with van der Waals surface area (Å²) in [7, 11) is 0. The van der Waals surface area contributed by atoms with Gasteiger partial charge < -0.3 is 0 Å². The van der Waals surface area contributed by atoms with Crippen LogP contribution in [0.1, 0.15) is 29.7 Å². The van der Waals surface area contributed by atoms with Crippen molar-refractivity contribution in [1.82, 2.24) is 10.4 Å². The molecule has 0 aliphatic carbocycles. The van der Waals surface area contributed by atoms with Gasteiger partial charge in [0.15, 0.2) is 0 Å². The van der Waals surface area contributed by atoms with Crippen LogP contribution in [0.25, 0.3) is 0 Å². The van der Waals surface area contributed by atoms with Crippen molar-refractivity contribution < 1.29 is 4.39 Å². The topological polar surface area (TPSA) is 50.9 Å². The largest absolute Gasteiger partial charge is 0.271 e. The van der Waals surface area contributed by atoms with Crippen LogP contribution in [0.2, 0.25) is 5.02 Å². The first-order valence-electron chi connectivity index (χ1n) is 6.48. The van der Waals surface area contributed by atoms with E-state index >= 15 is 0 Å². The Labute approximate surface area is 122 Å². The first-order valence-corrected chi connectivity index (χ1v) is 6.86. The SMILES string of the molecule is CCc1cnccc1C(Cc1cc(F)ccc1Cl)NN. The number of rotatable bonds is 5. The number of nitrogens with one attached hydrogen (secondary N) is 1. The fourth-order valence-electron chi connectivity index (χ4n) is 2.25. The molecule has 106 valence electrons. The van der Waals surface area contributed by atoms with Crippen LogP contribution in [-0.4, -0.2) is 4.98 Å². The Balaban J connectivity index is 2.31. The van der Waals surface area contributed by atoms with Crippen LogP contribution in [-0.2, 0) is 12.8 Å². The number of aromatic nitrogens is 1. The average Bonchev–Trinajstić information content (AvgIpc) is 2.48. The molecule has 2 rings (SSSR count). The fraction of sp³-hybridized carbons (Fsp3) is 0.267. The van der Waals surface area contributed by atoms with Crippen LogP contribution in [0.15, 0.2) is 36.7 Å². The predicted octanol–water partition coefficient (Wildman–Crippen LogP) is 3.18. The molecule has 0 fully saturated rings. The van der Waals surface area contributed by atoms with Crippen molar-refractivity contribution in [3.05, 3.63) is 64.2 Å². The lowest BCUT2D eigenvalue weighted by atomic mass is 9.95. The zero-order valence-corrected chi connectivity index (χ0v) is 12.0. The highest BCUT2D eigenvalue weighted by Gasteiger charge is 2.16. The van der Waals surface area contributed by atoms with E-state index in [-0.39, 0.29) is 11.9 Å². The smallest absolute Gasteiger partial charge is 0.123 e. The molecule has 0 saturated carbocycles. The van der Waals surface area contributed by atoms with E-state index in [4.69, 9.17) is 17.4 Å². The lowest BCUT2D eigenvalue weighted by molar-refractivity contribution is 0.544. The number of hydrogen-bond donors (Lipinski definition) is 2. The second kappa shape index (κ2) is 6.79. The van der Waals surface area contributed by atoms with E-state index < -0.39 is 0 Å². The van der Waals surface area contributed by atoms with E-state index in [1.54, 1.807) is 12.3 Å². The summed E-state index contributed by atoms with van der Waals surface area (Å²) in [6.45, 7) is 2.06. The van der Waals surface area contributed by atoms with Gasteiger partial charge in [0, 0.05) is 17.4 Å². The Bertz CT molecular complexity index is 589. The van der Waals surface area contributed by atoms with Gasteiger partial charge in [-0.15, -0.1) is 0 Å². The molecule has 1 heterocycles. The zero-order valence-electron chi connectivity index (χ0n) is 11.2. The summed E-state index contributed by atoms with van der Waals surface area (Å²) in [5.41, 5.74) is 5.68. The lowest BCUT2D eigenvalue weighted by Crippen LogP contribution is -2.30. The summed E-state index contributed by atoms with van der Waals surface area (Å²) < 4.78 is 13.3. The van der Waals surface area contributed by atoms with Crippen molar-refractivity contribution in [1.29, 1.82) is 0 Å². The molecular weight excluding hydrogens is 277 g/mol. The third-order valence-electron chi connectivity index (χ3n) is 3.33. The van der Waals surface area contributed by atoms with Crippen molar-refractivity contribution in [2.24, 2.45) is 5.84 Å². The van der Waals surface area contributed by atoms with Crippen molar-refractivity contribution in [3.8, 4) is 0 Å². The van der Waals surface area contributed by atoms with Crippen LogP contribution >= 0.6 is 11.6 Å². The van der Waals surface area contributed by atoms with Gasteiger partial charge in [0.25, 0.3) is 0 Å². The molecule has 0 aliphatic heterocycles. The van der Waals surface area contributed by atoms with Gasteiger partial charge in [-0.2, -0.15) is 0 Å². The lowest BCUT2D eigenvalue weighted by Gasteiger charge is -2.19.